The van der Waals surface area contributed by atoms with Crippen LogP contribution in [0.5, 0.6) is 0 Å². The summed E-state index contributed by atoms with van der Waals surface area (Å²) in [5, 5.41) is 19.6. The molecule has 0 bridgehead atoms. The Balaban J connectivity index is 2.19. The molecule has 0 spiro atoms. The molecular formula is C11H9N3O5. The van der Waals surface area contributed by atoms with Gasteiger partial charge in [-0.3, -0.25) is 15.0 Å². The predicted molar refractivity (Wildman–Crippen MR) is 65.6 cm³/mol. The van der Waals surface area contributed by atoms with E-state index in [0.29, 0.717) is 16.7 Å². The number of benzene rings is 1. The summed E-state index contributed by atoms with van der Waals surface area (Å²) in [5.41, 5.74) is 2.90. The van der Waals surface area contributed by atoms with Gasteiger partial charge in [0.15, 0.2) is 6.61 Å². The van der Waals surface area contributed by atoms with E-state index < -0.39 is 17.5 Å². The van der Waals surface area contributed by atoms with Crippen molar-refractivity contribution in [3.8, 4) is 0 Å². The first kappa shape index (κ1) is 12.7. The van der Waals surface area contributed by atoms with E-state index in [9.17, 15) is 14.9 Å². The number of nitrogens with one attached hydrogen (secondary N) is 1. The van der Waals surface area contributed by atoms with Gasteiger partial charge in [-0.1, -0.05) is 0 Å². The second-order valence-electron chi connectivity index (χ2n) is 3.62. The van der Waals surface area contributed by atoms with E-state index >= 15 is 0 Å². The zero-order valence-corrected chi connectivity index (χ0v) is 9.57. The Morgan fingerprint density at radius 1 is 1.42 bits per heavy atom. The summed E-state index contributed by atoms with van der Waals surface area (Å²) < 4.78 is 0. The van der Waals surface area contributed by atoms with Crippen molar-refractivity contribution in [2.75, 3.05) is 12.1 Å². The van der Waals surface area contributed by atoms with Gasteiger partial charge in [0.05, 0.1) is 10.4 Å². The topological polar surface area (TPSA) is 115 Å². The van der Waals surface area contributed by atoms with E-state index in [1.165, 1.54) is 24.3 Å². The largest absolute Gasteiger partial charge is 0.479 e. The number of carbonyl (C=O) groups is 1. The van der Waals surface area contributed by atoms with Gasteiger partial charge in [-0.15, -0.1) is 0 Å². The van der Waals surface area contributed by atoms with E-state index in [1.54, 1.807) is 6.07 Å². The Hall–Kier alpha value is -2.74. The number of nitro groups is 1. The molecule has 8 nitrogen and oxygen atoms in total. The van der Waals surface area contributed by atoms with Crippen molar-refractivity contribution in [3.63, 3.8) is 0 Å². The first-order valence-electron chi connectivity index (χ1n) is 5.21. The summed E-state index contributed by atoms with van der Waals surface area (Å²) in [5.74, 6) is -0.786. The molecule has 0 fully saturated rings. The van der Waals surface area contributed by atoms with E-state index in [-0.39, 0.29) is 5.69 Å². The van der Waals surface area contributed by atoms with Gasteiger partial charge in [-0.25, -0.2) is 15.3 Å². The maximum absolute atomic E-state index is 10.6. The zero-order valence-electron chi connectivity index (χ0n) is 9.57. The molecule has 19 heavy (non-hydrogen) atoms. The van der Waals surface area contributed by atoms with Gasteiger partial charge in [0.2, 0.25) is 0 Å². The second kappa shape index (κ2) is 5.27. The van der Waals surface area contributed by atoms with Crippen LogP contribution in [0.3, 0.4) is 0 Å². The SMILES string of the molecule is O=C(O)CONc1ccc2cc([N+](=O)[O-])ccc2n1. The van der Waals surface area contributed by atoms with Crippen molar-refractivity contribution in [1.82, 2.24) is 4.98 Å². The molecule has 0 radical (unpaired) electrons. The van der Waals surface area contributed by atoms with Gasteiger partial charge in [-0.2, -0.15) is 0 Å². The minimum absolute atomic E-state index is 0.0165. The van der Waals surface area contributed by atoms with Gasteiger partial charge in [0.25, 0.3) is 5.69 Å². The van der Waals surface area contributed by atoms with Crippen molar-refractivity contribution in [3.05, 3.63) is 40.4 Å². The molecule has 98 valence electrons. The molecule has 0 amide bonds. The molecule has 0 saturated carbocycles. The lowest BCUT2D eigenvalue weighted by Crippen LogP contribution is -2.11. The molecule has 1 aromatic carbocycles. The average molecular weight is 263 g/mol. The van der Waals surface area contributed by atoms with Crippen molar-refractivity contribution in [2.45, 2.75) is 0 Å². The molecule has 0 unspecified atom stereocenters. The third-order valence-electron chi connectivity index (χ3n) is 2.26. The number of carboxylic acids is 1. The van der Waals surface area contributed by atoms with Gasteiger partial charge in [0, 0.05) is 17.5 Å². The lowest BCUT2D eigenvalue weighted by atomic mass is 10.2. The van der Waals surface area contributed by atoms with E-state index in [4.69, 9.17) is 5.11 Å². The molecule has 8 heteroatoms. The molecule has 2 aromatic rings. The predicted octanol–water partition coefficient (Wildman–Crippen LogP) is 1.57. The fourth-order valence-corrected chi connectivity index (χ4v) is 1.46. The fraction of sp³-hybridized carbons (Fsp3) is 0.0909. The quantitative estimate of drug-likeness (QED) is 0.621. The Labute approximate surface area is 106 Å². The molecular weight excluding hydrogens is 254 g/mol. The van der Waals surface area contributed by atoms with Crippen LogP contribution in [0.2, 0.25) is 0 Å². The Morgan fingerprint density at radius 2 is 2.21 bits per heavy atom. The number of carboxylic acid groups (broad SMARTS) is 1. The number of nitro benzene ring substituents is 1. The van der Waals surface area contributed by atoms with Crippen LogP contribution in [0, 0.1) is 10.1 Å². The Bertz CT molecular complexity index is 643. The van der Waals surface area contributed by atoms with Crippen LogP contribution in [0.1, 0.15) is 0 Å². The van der Waals surface area contributed by atoms with Crippen molar-refractivity contribution < 1.29 is 19.7 Å². The molecule has 0 aliphatic carbocycles. The zero-order chi connectivity index (χ0) is 13.8. The minimum atomic E-state index is -1.11. The normalized spacial score (nSPS) is 10.3. The number of pyridine rings is 1. The van der Waals surface area contributed by atoms with Gasteiger partial charge >= 0.3 is 5.97 Å². The summed E-state index contributed by atoms with van der Waals surface area (Å²) >= 11 is 0. The maximum atomic E-state index is 10.6. The number of rotatable bonds is 5. The molecule has 2 N–H and O–H groups in total. The summed E-state index contributed by atoms with van der Waals surface area (Å²) in [6.07, 6.45) is 0. The van der Waals surface area contributed by atoms with Crippen LogP contribution in [-0.2, 0) is 9.63 Å². The molecule has 1 heterocycles. The smallest absolute Gasteiger partial charge is 0.332 e. The summed E-state index contributed by atoms with van der Waals surface area (Å²) in [6.45, 7) is -0.500. The van der Waals surface area contributed by atoms with Crippen LogP contribution < -0.4 is 5.48 Å². The molecule has 0 atom stereocenters. The molecule has 1 aromatic heterocycles. The highest BCUT2D eigenvalue weighted by Gasteiger charge is 2.07. The highest BCUT2D eigenvalue weighted by atomic mass is 16.7. The number of hydrogen-bond acceptors (Lipinski definition) is 6. The van der Waals surface area contributed by atoms with E-state index in [0.717, 1.165) is 0 Å². The van der Waals surface area contributed by atoms with Crippen molar-refractivity contribution >= 4 is 28.4 Å². The average Bonchev–Trinajstić information content (AvgIpc) is 2.37. The number of aromatic nitrogens is 1. The van der Waals surface area contributed by atoms with E-state index in [1.807, 2.05) is 0 Å². The number of non-ortho nitro benzene ring substituents is 1. The van der Waals surface area contributed by atoms with Crippen LogP contribution >= 0.6 is 0 Å². The lowest BCUT2D eigenvalue weighted by molar-refractivity contribution is -0.384. The Morgan fingerprint density at radius 3 is 2.89 bits per heavy atom. The molecule has 2 rings (SSSR count). The number of aliphatic carboxylic acids is 1. The van der Waals surface area contributed by atoms with E-state index in [2.05, 4.69) is 15.3 Å². The monoisotopic (exact) mass is 263 g/mol. The van der Waals surface area contributed by atoms with Crippen LogP contribution in [-0.4, -0.2) is 27.6 Å². The van der Waals surface area contributed by atoms with Crippen molar-refractivity contribution in [1.29, 1.82) is 0 Å². The number of nitrogens with zero attached hydrogens (tertiary/aromatic N) is 2. The van der Waals surface area contributed by atoms with Crippen molar-refractivity contribution in [2.24, 2.45) is 0 Å². The number of anilines is 1. The lowest BCUT2D eigenvalue weighted by Gasteiger charge is -2.05. The highest BCUT2D eigenvalue weighted by molar-refractivity contribution is 5.82. The van der Waals surface area contributed by atoms with Gasteiger partial charge < -0.3 is 5.11 Å². The number of hydrogen-bond donors (Lipinski definition) is 2. The summed E-state index contributed by atoms with van der Waals surface area (Å²) in [6, 6.07) is 7.42. The second-order valence-corrected chi connectivity index (χ2v) is 3.62. The highest BCUT2D eigenvalue weighted by Crippen LogP contribution is 2.20. The van der Waals surface area contributed by atoms with Gasteiger partial charge in [-0.05, 0) is 18.2 Å². The molecule has 0 saturated heterocycles. The maximum Gasteiger partial charge on any atom is 0.332 e. The molecule has 0 aliphatic heterocycles. The summed E-state index contributed by atoms with van der Waals surface area (Å²) in [7, 11) is 0. The first-order valence-corrected chi connectivity index (χ1v) is 5.21. The Kier molecular flexibility index (Phi) is 3.53. The van der Waals surface area contributed by atoms with Gasteiger partial charge in [0.1, 0.15) is 5.82 Å². The standard InChI is InChI=1S/C11H9N3O5/c15-11(16)6-19-13-10-4-1-7-5-8(14(17)18)2-3-9(7)12-10/h1-5H,6H2,(H,12,13)(H,15,16). The minimum Gasteiger partial charge on any atom is -0.479 e. The van der Waals surface area contributed by atoms with Crippen LogP contribution in [0.4, 0.5) is 11.5 Å². The number of fused-ring (bicyclic) bond motifs is 1. The molecule has 0 aliphatic rings. The van der Waals surface area contributed by atoms with Crippen LogP contribution in [0.25, 0.3) is 10.9 Å². The third kappa shape index (κ3) is 3.13. The third-order valence-corrected chi connectivity index (χ3v) is 2.26. The summed E-state index contributed by atoms with van der Waals surface area (Å²) in [4.78, 5) is 29.2. The van der Waals surface area contributed by atoms with Crippen LogP contribution in [0.15, 0.2) is 30.3 Å². The first-order chi connectivity index (χ1) is 9.06. The fourth-order valence-electron chi connectivity index (χ4n) is 1.46.